The van der Waals surface area contributed by atoms with Crippen LogP contribution in [0.25, 0.3) is 10.9 Å². The maximum absolute atomic E-state index is 12.3. The van der Waals surface area contributed by atoms with Crippen molar-refractivity contribution in [3.05, 3.63) is 35.0 Å². The number of esters is 2. The third kappa shape index (κ3) is 4.83. The molecule has 0 bridgehead atoms. The van der Waals surface area contributed by atoms with E-state index < -0.39 is 27.8 Å². The number of aromatic nitrogens is 1. The molecule has 142 valence electrons. The number of rotatable bonds is 8. The Balaban J connectivity index is 2.55. The number of carbonyl (C=O) groups excluding carboxylic acids is 2. The second-order valence-electron chi connectivity index (χ2n) is 5.57. The van der Waals surface area contributed by atoms with Gasteiger partial charge in [-0.2, -0.15) is 8.42 Å². The van der Waals surface area contributed by atoms with Crippen molar-refractivity contribution in [1.82, 2.24) is 4.98 Å². The zero-order valence-corrected chi connectivity index (χ0v) is 15.4. The van der Waals surface area contributed by atoms with Gasteiger partial charge >= 0.3 is 11.9 Å². The van der Waals surface area contributed by atoms with Gasteiger partial charge in [0.1, 0.15) is 11.4 Å². The van der Waals surface area contributed by atoms with Gasteiger partial charge < -0.3 is 14.5 Å². The molecule has 0 saturated carbocycles. The fourth-order valence-corrected chi connectivity index (χ4v) is 3.43. The highest BCUT2D eigenvalue weighted by Gasteiger charge is 2.23. The van der Waals surface area contributed by atoms with E-state index >= 15 is 0 Å². The van der Waals surface area contributed by atoms with Gasteiger partial charge in [0.05, 0.1) is 13.2 Å². The van der Waals surface area contributed by atoms with Crippen molar-refractivity contribution in [2.24, 2.45) is 0 Å². The first kappa shape index (κ1) is 19.9. The maximum atomic E-state index is 12.3. The van der Waals surface area contributed by atoms with Crippen LogP contribution in [0.2, 0.25) is 0 Å². The topological polar surface area (TPSA) is 123 Å². The van der Waals surface area contributed by atoms with Crippen LogP contribution in [0.4, 0.5) is 0 Å². The lowest BCUT2D eigenvalue weighted by atomic mass is 10.0. The molecular formula is C17H21NO7S. The Morgan fingerprint density at radius 3 is 2.46 bits per heavy atom. The Bertz CT molecular complexity index is 915. The molecule has 0 fully saturated rings. The van der Waals surface area contributed by atoms with E-state index in [4.69, 9.17) is 9.47 Å². The van der Waals surface area contributed by atoms with Crippen molar-refractivity contribution < 1.29 is 32.0 Å². The highest BCUT2D eigenvalue weighted by Crippen LogP contribution is 2.29. The second-order valence-corrected chi connectivity index (χ2v) is 7.02. The van der Waals surface area contributed by atoms with Gasteiger partial charge in [-0.05, 0) is 37.5 Å². The summed E-state index contributed by atoms with van der Waals surface area (Å²) in [4.78, 5) is 26.9. The first-order valence-electron chi connectivity index (χ1n) is 8.17. The van der Waals surface area contributed by atoms with Gasteiger partial charge in [-0.25, -0.2) is 4.79 Å². The molecule has 2 N–H and O–H groups in total. The lowest BCUT2D eigenvalue weighted by molar-refractivity contribution is -0.143. The van der Waals surface area contributed by atoms with Crippen molar-refractivity contribution >= 4 is 33.0 Å². The van der Waals surface area contributed by atoms with Gasteiger partial charge in [0.15, 0.2) is 0 Å². The smallest absolute Gasteiger partial charge is 0.355 e. The predicted molar refractivity (Wildman–Crippen MR) is 94.5 cm³/mol. The summed E-state index contributed by atoms with van der Waals surface area (Å²) in [6.45, 7) is 3.77. The minimum Gasteiger partial charge on any atom is -0.466 e. The summed E-state index contributed by atoms with van der Waals surface area (Å²) in [6.07, 6.45) is 0.183. The molecule has 1 aromatic heterocycles. The summed E-state index contributed by atoms with van der Waals surface area (Å²) in [6, 6.07) is 4.84. The molecule has 0 aliphatic rings. The molecule has 0 atom stereocenters. The number of H-pyrrole nitrogens is 1. The first-order valence-corrected chi connectivity index (χ1v) is 9.78. The summed E-state index contributed by atoms with van der Waals surface area (Å²) < 4.78 is 41.8. The van der Waals surface area contributed by atoms with Crippen molar-refractivity contribution in [2.75, 3.05) is 13.2 Å². The third-order valence-electron chi connectivity index (χ3n) is 3.72. The number of benzene rings is 1. The Morgan fingerprint density at radius 2 is 1.85 bits per heavy atom. The van der Waals surface area contributed by atoms with Crippen molar-refractivity contribution in [1.29, 1.82) is 0 Å². The van der Waals surface area contributed by atoms with Crippen molar-refractivity contribution in [3.63, 3.8) is 0 Å². The summed E-state index contributed by atoms with van der Waals surface area (Å²) in [5, 5.41) is 0.484. The first-order chi connectivity index (χ1) is 12.3. The third-order valence-corrected chi connectivity index (χ3v) is 4.39. The average Bonchev–Trinajstić information content (AvgIpc) is 2.92. The molecule has 0 aliphatic heterocycles. The molecule has 9 heteroatoms. The number of fused-ring (bicyclic) bond motifs is 1. The number of hydrogen-bond donors (Lipinski definition) is 2. The van der Waals surface area contributed by atoms with Crippen LogP contribution in [0.15, 0.2) is 18.2 Å². The predicted octanol–water partition coefficient (Wildman–Crippen LogP) is 2.23. The molecule has 0 amide bonds. The summed E-state index contributed by atoms with van der Waals surface area (Å²) >= 11 is 0. The average molecular weight is 383 g/mol. The Hall–Kier alpha value is -2.39. The van der Waals surface area contributed by atoms with Gasteiger partial charge in [0.2, 0.25) is 0 Å². The quantitative estimate of drug-likeness (QED) is 0.529. The second kappa shape index (κ2) is 8.33. The number of nitrogens with one attached hydrogen (secondary N) is 1. The minimum absolute atomic E-state index is 0.0212. The molecule has 2 aromatic rings. The molecule has 0 saturated heterocycles. The van der Waals surface area contributed by atoms with E-state index in [1.807, 2.05) is 0 Å². The standard InChI is InChI=1S/C17H21NO7S/c1-3-24-14(19)9-8-12-15-11(10-26(21,22)23)6-5-7-13(15)18-16(12)17(20)25-4-2/h5-7,18H,3-4,8-10H2,1-2H3,(H,21,22,23). The largest absolute Gasteiger partial charge is 0.466 e. The van der Waals surface area contributed by atoms with E-state index in [-0.39, 0.29) is 31.7 Å². The summed E-state index contributed by atoms with van der Waals surface area (Å²) in [5.74, 6) is -1.62. The molecule has 1 aromatic carbocycles. The van der Waals surface area contributed by atoms with Crippen LogP contribution in [0.3, 0.4) is 0 Å². The van der Waals surface area contributed by atoms with Crippen LogP contribution < -0.4 is 0 Å². The van der Waals surface area contributed by atoms with Crippen molar-refractivity contribution in [3.8, 4) is 0 Å². The summed E-state index contributed by atoms with van der Waals surface area (Å²) in [5.41, 5.74) is 1.48. The van der Waals surface area contributed by atoms with E-state index in [2.05, 4.69) is 4.98 Å². The molecule has 1 heterocycles. The van der Waals surface area contributed by atoms with Crippen molar-refractivity contribution in [2.45, 2.75) is 32.4 Å². The SMILES string of the molecule is CCOC(=O)CCc1c(C(=O)OCC)[nH]c2cccc(CS(=O)(=O)O)c12. The Kier molecular flexibility index (Phi) is 6.38. The number of hydrogen-bond acceptors (Lipinski definition) is 6. The Morgan fingerprint density at radius 1 is 1.15 bits per heavy atom. The molecule has 0 aliphatic carbocycles. The van der Waals surface area contributed by atoms with Crippen LogP contribution in [0, 0.1) is 0 Å². The van der Waals surface area contributed by atoms with Gasteiger partial charge in [-0.3, -0.25) is 9.35 Å². The maximum Gasteiger partial charge on any atom is 0.355 e. The van der Waals surface area contributed by atoms with Crippen LogP contribution >= 0.6 is 0 Å². The molecule has 0 radical (unpaired) electrons. The van der Waals surface area contributed by atoms with Gasteiger partial charge in [0.25, 0.3) is 10.1 Å². The van der Waals surface area contributed by atoms with Gasteiger partial charge in [0, 0.05) is 17.3 Å². The van der Waals surface area contributed by atoms with Crippen LogP contribution in [-0.2, 0) is 36.6 Å². The molecule has 26 heavy (non-hydrogen) atoms. The number of aryl methyl sites for hydroxylation is 1. The zero-order chi connectivity index (χ0) is 19.3. The van der Waals surface area contributed by atoms with Crippen LogP contribution in [0.5, 0.6) is 0 Å². The van der Waals surface area contributed by atoms with Crippen LogP contribution in [-0.4, -0.2) is 43.1 Å². The van der Waals surface area contributed by atoms with E-state index in [1.165, 1.54) is 0 Å². The van der Waals surface area contributed by atoms with Crippen LogP contribution in [0.1, 0.15) is 41.9 Å². The molecule has 0 unspecified atom stereocenters. The minimum atomic E-state index is -4.27. The Labute approximate surface area is 151 Å². The highest BCUT2D eigenvalue weighted by molar-refractivity contribution is 7.85. The van der Waals surface area contributed by atoms with E-state index in [9.17, 15) is 22.6 Å². The molecule has 0 spiro atoms. The molecular weight excluding hydrogens is 362 g/mol. The summed E-state index contributed by atoms with van der Waals surface area (Å²) in [7, 11) is -4.27. The number of ether oxygens (including phenoxy) is 2. The highest BCUT2D eigenvalue weighted by atomic mass is 32.2. The van der Waals surface area contributed by atoms with Gasteiger partial charge in [-0.1, -0.05) is 12.1 Å². The van der Waals surface area contributed by atoms with E-state index in [0.29, 0.717) is 22.0 Å². The lowest BCUT2D eigenvalue weighted by Gasteiger charge is -2.07. The fraction of sp³-hybridized carbons (Fsp3) is 0.412. The van der Waals surface area contributed by atoms with E-state index in [0.717, 1.165) is 0 Å². The van der Waals surface area contributed by atoms with Gasteiger partial charge in [-0.15, -0.1) is 0 Å². The molecule has 8 nitrogen and oxygen atoms in total. The normalized spacial score (nSPS) is 11.5. The number of aromatic amines is 1. The fourth-order valence-electron chi connectivity index (χ4n) is 2.80. The molecule has 2 rings (SSSR count). The zero-order valence-electron chi connectivity index (χ0n) is 14.6. The van der Waals surface area contributed by atoms with E-state index in [1.54, 1.807) is 32.0 Å². The monoisotopic (exact) mass is 383 g/mol. The lowest BCUT2D eigenvalue weighted by Crippen LogP contribution is -2.11. The number of carbonyl (C=O) groups is 2.